The molecule has 1 N–H and O–H groups in total. The molecule has 1 aliphatic rings. The van der Waals surface area contributed by atoms with E-state index in [1.54, 1.807) is 6.92 Å². The quantitative estimate of drug-likeness (QED) is 0.750. The first-order valence-electron chi connectivity index (χ1n) is 9.40. The maximum absolute atomic E-state index is 13.2. The van der Waals surface area contributed by atoms with Crippen molar-refractivity contribution >= 4 is 37.3 Å². The Morgan fingerprint density at radius 3 is 2.21 bits per heavy atom. The van der Waals surface area contributed by atoms with Gasteiger partial charge in [0.25, 0.3) is 10.0 Å². The Morgan fingerprint density at radius 2 is 1.69 bits per heavy atom. The van der Waals surface area contributed by atoms with Gasteiger partial charge in [0.1, 0.15) is 0 Å². The highest BCUT2D eigenvalue weighted by molar-refractivity contribution is 7.94. The topological polar surface area (TPSA) is 101 Å². The summed E-state index contributed by atoms with van der Waals surface area (Å²) in [5.74, 6) is -0.834. The van der Waals surface area contributed by atoms with E-state index in [1.165, 1.54) is 18.2 Å². The van der Waals surface area contributed by atoms with Crippen molar-refractivity contribution in [2.24, 2.45) is 0 Å². The van der Waals surface area contributed by atoms with Crippen LogP contribution < -0.4 is 9.03 Å². The van der Waals surface area contributed by atoms with E-state index >= 15 is 0 Å². The molecule has 0 bridgehead atoms. The first-order valence-corrected chi connectivity index (χ1v) is 12.5. The van der Waals surface area contributed by atoms with Crippen LogP contribution >= 0.6 is 0 Å². The number of para-hydroxylation sites is 1. The molecule has 9 heteroatoms. The van der Waals surface area contributed by atoms with Crippen molar-refractivity contribution in [2.75, 3.05) is 14.8 Å². The number of carbonyl (C=O) groups excluding carboxylic acids is 1. The second kappa shape index (κ2) is 7.79. The second-order valence-corrected chi connectivity index (χ2v) is 10.5. The summed E-state index contributed by atoms with van der Waals surface area (Å²) in [5, 5.41) is 0. The third-order valence-electron chi connectivity index (χ3n) is 5.01. The summed E-state index contributed by atoms with van der Waals surface area (Å²) in [4.78, 5) is 12.0. The largest absolute Gasteiger partial charge is 0.279 e. The molecular weight excluding hydrogens is 412 g/mol. The molecule has 156 valence electrons. The number of nitrogens with zero attached hydrogens (tertiary/aromatic N) is 1. The number of carbonyl (C=O) groups is 1. The lowest BCUT2D eigenvalue weighted by Gasteiger charge is -2.19. The molecule has 0 atom stereocenters. The fraction of sp³-hybridized carbons (Fsp3) is 0.350. The van der Waals surface area contributed by atoms with Crippen molar-refractivity contribution in [3.63, 3.8) is 0 Å². The zero-order valence-corrected chi connectivity index (χ0v) is 18.2. The van der Waals surface area contributed by atoms with E-state index in [0.717, 1.165) is 11.1 Å². The molecule has 0 saturated carbocycles. The number of anilines is 2. The number of aryl methyl sites for hydroxylation is 3. The van der Waals surface area contributed by atoms with Crippen molar-refractivity contribution in [1.82, 2.24) is 0 Å². The Kier molecular flexibility index (Phi) is 5.73. The maximum Gasteiger partial charge on any atom is 0.262 e. The Bertz CT molecular complexity index is 1150. The van der Waals surface area contributed by atoms with Crippen molar-refractivity contribution in [2.45, 2.75) is 44.9 Å². The lowest BCUT2D eigenvalue weighted by atomic mass is 10.0. The fourth-order valence-electron chi connectivity index (χ4n) is 3.44. The van der Waals surface area contributed by atoms with Crippen molar-refractivity contribution < 1.29 is 21.6 Å². The minimum Gasteiger partial charge on any atom is -0.279 e. The first kappa shape index (κ1) is 21.3. The van der Waals surface area contributed by atoms with Gasteiger partial charge in [-0.15, -0.1) is 0 Å². The van der Waals surface area contributed by atoms with Crippen LogP contribution in [0.25, 0.3) is 0 Å². The van der Waals surface area contributed by atoms with Gasteiger partial charge in [0.2, 0.25) is 15.9 Å². The van der Waals surface area contributed by atoms with Gasteiger partial charge in [-0.05, 0) is 48.6 Å². The Hall–Kier alpha value is -2.39. The van der Waals surface area contributed by atoms with Gasteiger partial charge in [-0.25, -0.2) is 21.1 Å². The van der Waals surface area contributed by atoms with Crippen molar-refractivity contribution in [3.8, 4) is 0 Å². The van der Waals surface area contributed by atoms with E-state index < -0.39 is 26.0 Å². The number of rotatable bonds is 6. The van der Waals surface area contributed by atoms with Crippen LogP contribution in [0.1, 0.15) is 37.0 Å². The van der Waals surface area contributed by atoms with Gasteiger partial charge in [-0.1, -0.05) is 38.1 Å². The summed E-state index contributed by atoms with van der Waals surface area (Å²) in [7, 11) is -7.77. The molecular formula is C20H24N2O5S2. The molecule has 0 aliphatic carbocycles. The predicted octanol–water partition coefficient (Wildman–Crippen LogP) is 2.99. The highest BCUT2D eigenvalue weighted by atomic mass is 32.2. The van der Waals surface area contributed by atoms with Crippen molar-refractivity contribution in [1.29, 1.82) is 0 Å². The average Bonchev–Trinajstić information content (AvgIpc) is 2.94. The molecule has 1 amide bonds. The number of amides is 1. The lowest BCUT2D eigenvalue weighted by Crippen LogP contribution is -2.29. The molecule has 1 aliphatic heterocycles. The van der Waals surface area contributed by atoms with Crippen molar-refractivity contribution in [3.05, 3.63) is 53.1 Å². The van der Waals surface area contributed by atoms with Crippen LogP contribution in [0.15, 0.2) is 41.3 Å². The number of hydrogen-bond donors (Lipinski definition) is 1. The average molecular weight is 437 g/mol. The van der Waals surface area contributed by atoms with E-state index in [2.05, 4.69) is 4.72 Å². The third kappa shape index (κ3) is 4.02. The van der Waals surface area contributed by atoms with Crippen LogP contribution in [-0.4, -0.2) is 28.5 Å². The van der Waals surface area contributed by atoms with Crippen LogP contribution in [0.4, 0.5) is 11.4 Å². The zero-order valence-electron chi connectivity index (χ0n) is 16.6. The van der Waals surface area contributed by atoms with Crippen LogP contribution in [-0.2, 0) is 37.7 Å². The Morgan fingerprint density at radius 1 is 1.07 bits per heavy atom. The summed E-state index contributed by atoms with van der Waals surface area (Å²) in [5.41, 5.74) is 2.79. The minimum atomic E-state index is -4.00. The first-order chi connectivity index (χ1) is 13.6. The van der Waals surface area contributed by atoms with Crippen LogP contribution in [0.3, 0.4) is 0 Å². The molecule has 0 radical (unpaired) electrons. The van der Waals surface area contributed by atoms with E-state index in [4.69, 9.17) is 0 Å². The van der Waals surface area contributed by atoms with Gasteiger partial charge in [-0.3, -0.25) is 9.52 Å². The number of nitrogens with one attached hydrogen (secondary N) is 1. The Labute approximate surface area is 171 Å². The second-order valence-electron chi connectivity index (χ2n) is 6.94. The summed E-state index contributed by atoms with van der Waals surface area (Å²) >= 11 is 0. The highest BCUT2D eigenvalue weighted by Gasteiger charge is 2.37. The third-order valence-corrected chi connectivity index (χ3v) is 8.19. The van der Waals surface area contributed by atoms with Gasteiger partial charge in [0, 0.05) is 6.42 Å². The van der Waals surface area contributed by atoms with Crippen LogP contribution in [0.5, 0.6) is 0 Å². The molecule has 7 nitrogen and oxygen atoms in total. The lowest BCUT2D eigenvalue weighted by molar-refractivity contribution is -0.116. The van der Waals surface area contributed by atoms with E-state index in [1.807, 2.05) is 32.0 Å². The van der Waals surface area contributed by atoms with Gasteiger partial charge >= 0.3 is 0 Å². The molecule has 1 heterocycles. The molecule has 2 aromatic carbocycles. The summed E-state index contributed by atoms with van der Waals surface area (Å²) in [6.45, 7) is 5.52. The number of benzene rings is 2. The molecule has 2 aromatic rings. The summed E-state index contributed by atoms with van der Waals surface area (Å²) in [6.07, 6.45) is 1.21. The monoisotopic (exact) mass is 436 g/mol. The predicted molar refractivity (Wildman–Crippen MR) is 113 cm³/mol. The molecule has 1 fully saturated rings. The minimum absolute atomic E-state index is 0.0398. The van der Waals surface area contributed by atoms with Gasteiger partial charge in [0.15, 0.2) is 0 Å². The molecule has 0 unspecified atom stereocenters. The van der Waals surface area contributed by atoms with Gasteiger partial charge in [-0.2, -0.15) is 0 Å². The molecule has 3 rings (SSSR count). The zero-order chi connectivity index (χ0) is 21.4. The van der Waals surface area contributed by atoms with E-state index in [9.17, 15) is 21.6 Å². The molecule has 0 aromatic heterocycles. The van der Waals surface area contributed by atoms with Crippen LogP contribution in [0.2, 0.25) is 0 Å². The standard InChI is InChI=1S/C20H24N2O5S2/c1-4-15-7-6-8-16(5-2)20(15)21-29(26,27)18-13-17(10-9-14(18)3)22-19(23)11-12-28(22,24)25/h6-10,13,21H,4-5,11-12H2,1-3H3. The molecule has 1 saturated heterocycles. The summed E-state index contributed by atoms with van der Waals surface area (Å²) in [6, 6.07) is 9.85. The SMILES string of the molecule is CCc1cccc(CC)c1NS(=O)(=O)c1cc(N2C(=O)CCS2(=O)=O)ccc1C. The molecule has 0 spiro atoms. The molecule has 29 heavy (non-hydrogen) atoms. The van der Waals surface area contributed by atoms with E-state index in [0.29, 0.717) is 28.4 Å². The highest BCUT2D eigenvalue weighted by Crippen LogP contribution is 2.31. The van der Waals surface area contributed by atoms with Gasteiger partial charge < -0.3 is 0 Å². The fourth-order valence-corrected chi connectivity index (χ4v) is 6.30. The smallest absolute Gasteiger partial charge is 0.262 e. The van der Waals surface area contributed by atoms with Gasteiger partial charge in [0.05, 0.1) is 22.0 Å². The van der Waals surface area contributed by atoms with E-state index in [-0.39, 0.29) is 22.8 Å². The normalized spacial score (nSPS) is 16.2. The number of hydrogen-bond acceptors (Lipinski definition) is 5. The Balaban J connectivity index is 2.08. The maximum atomic E-state index is 13.2. The number of sulfonamides is 2. The summed E-state index contributed by atoms with van der Waals surface area (Å²) < 4.78 is 54.2. The van der Waals surface area contributed by atoms with Crippen LogP contribution in [0, 0.1) is 6.92 Å².